The summed E-state index contributed by atoms with van der Waals surface area (Å²) in [6.45, 7) is 7.97. The third-order valence-corrected chi connectivity index (χ3v) is 1.84. The molecule has 2 nitrogen and oxygen atoms in total. The average Bonchev–Trinajstić information content (AvgIpc) is 2.00. The zero-order chi connectivity index (χ0) is 9.56. The van der Waals surface area contributed by atoms with Crippen LogP contribution in [0.2, 0.25) is 0 Å². The Kier molecular flexibility index (Phi) is 5.81. The molecular weight excluding hydrogens is 174 g/mol. The molecular formula is C9H16ClNO. The molecule has 0 saturated carbocycles. The molecule has 0 heterocycles. The van der Waals surface area contributed by atoms with Crippen molar-refractivity contribution in [2.75, 3.05) is 6.54 Å². The highest BCUT2D eigenvalue weighted by Crippen LogP contribution is 2.05. The molecule has 0 aliphatic rings. The van der Waals surface area contributed by atoms with Gasteiger partial charge in [0.2, 0.25) is 5.91 Å². The first-order valence-corrected chi connectivity index (χ1v) is 4.54. The summed E-state index contributed by atoms with van der Waals surface area (Å²) < 4.78 is 0. The van der Waals surface area contributed by atoms with Crippen molar-refractivity contribution in [3.05, 3.63) is 11.6 Å². The molecule has 0 aromatic rings. The molecule has 1 unspecified atom stereocenters. The van der Waals surface area contributed by atoms with E-state index < -0.39 is 0 Å². The van der Waals surface area contributed by atoms with Gasteiger partial charge in [-0.25, -0.2) is 0 Å². The molecule has 0 rings (SSSR count). The van der Waals surface area contributed by atoms with E-state index in [1.54, 1.807) is 0 Å². The number of hydrogen-bond donors (Lipinski definition) is 1. The quantitative estimate of drug-likeness (QED) is 0.707. The molecule has 70 valence electrons. The standard InChI is InChI=1S/C9H16ClNO/c1-4-7(2)5-9(12)11-6-8(3)10/h7H,3-6H2,1-2H3,(H,11,12). The second kappa shape index (κ2) is 6.06. The maximum absolute atomic E-state index is 11.1. The normalized spacial score (nSPS) is 12.2. The van der Waals surface area contributed by atoms with Gasteiger partial charge in [0.15, 0.2) is 0 Å². The number of hydrogen-bond acceptors (Lipinski definition) is 1. The topological polar surface area (TPSA) is 29.1 Å². The van der Waals surface area contributed by atoms with Crippen molar-refractivity contribution < 1.29 is 4.79 Å². The zero-order valence-electron chi connectivity index (χ0n) is 7.69. The van der Waals surface area contributed by atoms with Gasteiger partial charge in [0.25, 0.3) is 0 Å². The molecule has 0 bridgehead atoms. The van der Waals surface area contributed by atoms with E-state index in [2.05, 4.69) is 25.7 Å². The number of carbonyl (C=O) groups is 1. The van der Waals surface area contributed by atoms with Gasteiger partial charge in [0.1, 0.15) is 0 Å². The Balaban J connectivity index is 3.53. The SMILES string of the molecule is C=C(Cl)CNC(=O)CC(C)CC. The largest absolute Gasteiger partial charge is 0.351 e. The lowest BCUT2D eigenvalue weighted by atomic mass is 10.1. The predicted molar refractivity (Wildman–Crippen MR) is 52.1 cm³/mol. The molecule has 1 atom stereocenters. The van der Waals surface area contributed by atoms with Crippen molar-refractivity contribution in [3.63, 3.8) is 0 Å². The summed E-state index contributed by atoms with van der Waals surface area (Å²) in [4.78, 5) is 11.1. The lowest BCUT2D eigenvalue weighted by molar-refractivity contribution is -0.121. The second-order valence-corrected chi connectivity index (χ2v) is 3.55. The van der Waals surface area contributed by atoms with E-state index >= 15 is 0 Å². The first-order valence-electron chi connectivity index (χ1n) is 4.16. The molecule has 0 spiro atoms. The van der Waals surface area contributed by atoms with Gasteiger partial charge in [-0.2, -0.15) is 0 Å². The number of carbonyl (C=O) groups excluding carboxylic acids is 1. The number of amides is 1. The minimum absolute atomic E-state index is 0.0474. The zero-order valence-corrected chi connectivity index (χ0v) is 8.45. The molecule has 1 amide bonds. The number of nitrogens with one attached hydrogen (secondary N) is 1. The van der Waals surface area contributed by atoms with Crippen molar-refractivity contribution >= 4 is 17.5 Å². The molecule has 0 saturated heterocycles. The van der Waals surface area contributed by atoms with Gasteiger partial charge < -0.3 is 5.32 Å². The van der Waals surface area contributed by atoms with Crippen LogP contribution in [-0.4, -0.2) is 12.5 Å². The van der Waals surface area contributed by atoms with Crippen LogP contribution in [0.1, 0.15) is 26.7 Å². The van der Waals surface area contributed by atoms with Crippen LogP contribution in [-0.2, 0) is 4.79 Å². The Labute approximate surface area is 79.0 Å². The number of rotatable bonds is 5. The lowest BCUT2D eigenvalue weighted by Crippen LogP contribution is -2.25. The fourth-order valence-corrected chi connectivity index (χ4v) is 0.794. The van der Waals surface area contributed by atoms with Crippen LogP contribution in [0.5, 0.6) is 0 Å². The van der Waals surface area contributed by atoms with E-state index in [0.29, 0.717) is 23.9 Å². The van der Waals surface area contributed by atoms with Crippen LogP contribution >= 0.6 is 11.6 Å². The minimum atomic E-state index is 0.0474. The van der Waals surface area contributed by atoms with Gasteiger partial charge in [0, 0.05) is 11.5 Å². The highest BCUT2D eigenvalue weighted by molar-refractivity contribution is 6.29. The highest BCUT2D eigenvalue weighted by Gasteiger charge is 2.05. The van der Waals surface area contributed by atoms with Crippen molar-refractivity contribution in [2.45, 2.75) is 26.7 Å². The van der Waals surface area contributed by atoms with E-state index in [4.69, 9.17) is 11.6 Å². The van der Waals surface area contributed by atoms with Crippen molar-refractivity contribution in [1.82, 2.24) is 5.32 Å². The summed E-state index contributed by atoms with van der Waals surface area (Å²) in [5.74, 6) is 0.486. The van der Waals surface area contributed by atoms with Crippen LogP contribution in [0.3, 0.4) is 0 Å². The van der Waals surface area contributed by atoms with E-state index in [1.807, 2.05) is 0 Å². The molecule has 3 heteroatoms. The van der Waals surface area contributed by atoms with Gasteiger partial charge in [-0.05, 0) is 5.92 Å². The van der Waals surface area contributed by atoms with E-state index in [9.17, 15) is 4.79 Å². The van der Waals surface area contributed by atoms with Crippen molar-refractivity contribution in [2.24, 2.45) is 5.92 Å². The third-order valence-electron chi connectivity index (χ3n) is 1.71. The minimum Gasteiger partial charge on any atom is -0.351 e. The molecule has 0 radical (unpaired) electrons. The summed E-state index contributed by atoms with van der Waals surface area (Å²) in [6, 6.07) is 0. The summed E-state index contributed by atoms with van der Waals surface area (Å²) in [7, 11) is 0. The number of halogens is 1. The van der Waals surface area contributed by atoms with E-state index in [1.165, 1.54) is 0 Å². The molecule has 1 N–H and O–H groups in total. The fraction of sp³-hybridized carbons (Fsp3) is 0.667. The fourth-order valence-electron chi connectivity index (χ4n) is 0.727. The monoisotopic (exact) mass is 189 g/mol. The molecule has 0 aromatic carbocycles. The molecule has 0 fully saturated rings. The maximum atomic E-state index is 11.1. The Morgan fingerprint density at radius 3 is 2.67 bits per heavy atom. The second-order valence-electron chi connectivity index (χ2n) is 3.01. The predicted octanol–water partition coefficient (Wildman–Crippen LogP) is 2.29. The molecule has 12 heavy (non-hydrogen) atoms. The molecule has 0 aliphatic carbocycles. The van der Waals surface area contributed by atoms with E-state index in [-0.39, 0.29) is 5.91 Å². The van der Waals surface area contributed by atoms with Gasteiger partial charge in [-0.1, -0.05) is 38.4 Å². The van der Waals surface area contributed by atoms with Gasteiger partial charge >= 0.3 is 0 Å². The van der Waals surface area contributed by atoms with Gasteiger partial charge in [0.05, 0.1) is 6.54 Å². The van der Waals surface area contributed by atoms with Crippen LogP contribution in [0.25, 0.3) is 0 Å². The van der Waals surface area contributed by atoms with Gasteiger partial charge in [-0.15, -0.1) is 0 Å². The third kappa shape index (κ3) is 6.23. The van der Waals surface area contributed by atoms with Crippen molar-refractivity contribution in [1.29, 1.82) is 0 Å². The first kappa shape index (κ1) is 11.5. The van der Waals surface area contributed by atoms with Gasteiger partial charge in [-0.3, -0.25) is 4.79 Å². The Morgan fingerprint density at radius 2 is 2.25 bits per heavy atom. The van der Waals surface area contributed by atoms with Crippen LogP contribution in [0, 0.1) is 5.92 Å². The molecule has 0 aliphatic heterocycles. The highest BCUT2D eigenvalue weighted by atomic mass is 35.5. The summed E-state index contributed by atoms with van der Waals surface area (Å²) in [5.41, 5.74) is 0. The van der Waals surface area contributed by atoms with E-state index in [0.717, 1.165) is 6.42 Å². The van der Waals surface area contributed by atoms with Crippen LogP contribution < -0.4 is 5.32 Å². The smallest absolute Gasteiger partial charge is 0.220 e. The maximum Gasteiger partial charge on any atom is 0.220 e. The average molecular weight is 190 g/mol. The lowest BCUT2D eigenvalue weighted by Gasteiger charge is -2.07. The van der Waals surface area contributed by atoms with Crippen LogP contribution in [0.15, 0.2) is 11.6 Å². The Morgan fingerprint density at radius 1 is 1.67 bits per heavy atom. The molecule has 0 aromatic heterocycles. The van der Waals surface area contributed by atoms with Crippen molar-refractivity contribution in [3.8, 4) is 0 Å². The van der Waals surface area contributed by atoms with Crippen LogP contribution in [0.4, 0.5) is 0 Å². The summed E-state index contributed by atoms with van der Waals surface area (Å²) >= 11 is 5.48. The first-order chi connectivity index (χ1) is 5.56. The Hall–Kier alpha value is -0.500. The summed E-state index contributed by atoms with van der Waals surface area (Å²) in [5, 5.41) is 3.14. The summed E-state index contributed by atoms with van der Waals surface area (Å²) in [6.07, 6.45) is 1.59. The Bertz CT molecular complexity index is 168.